The number of phenols is 1. The van der Waals surface area contributed by atoms with Gasteiger partial charge in [-0.15, -0.1) is 0 Å². The Labute approximate surface area is 164 Å². The van der Waals surface area contributed by atoms with Gasteiger partial charge in [0.1, 0.15) is 5.75 Å². The van der Waals surface area contributed by atoms with Crippen LogP contribution in [0.1, 0.15) is 24.8 Å². The summed E-state index contributed by atoms with van der Waals surface area (Å²) < 4.78 is 18.0. The van der Waals surface area contributed by atoms with Gasteiger partial charge in [0.15, 0.2) is 11.5 Å². The minimum absolute atomic E-state index is 0.0292. The molecule has 4 nitrogen and oxygen atoms in total. The quantitative estimate of drug-likeness (QED) is 0.669. The average molecular weight is 374 g/mol. The molecular formula is C24H22O4. The Balaban J connectivity index is 1.87. The van der Waals surface area contributed by atoms with Crippen molar-refractivity contribution in [3.05, 3.63) is 66.2 Å². The van der Waals surface area contributed by atoms with Crippen LogP contribution >= 0.6 is 0 Å². The van der Waals surface area contributed by atoms with Crippen molar-refractivity contribution in [1.82, 2.24) is 0 Å². The Kier molecular flexibility index (Phi) is 4.21. The van der Waals surface area contributed by atoms with Crippen molar-refractivity contribution in [3.8, 4) is 39.5 Å². The Hall–Kier alpha value is -2.98. The third kappa shape index (κ3) is 2.56. The summed E-state index contributed by atoms with van der Waals surface area (Å²) in [5, 5.41) is 11.5. The maximum absolute atomic E-state index is 11.5. The van der Waals surface area contributed by atoms with Gasteiger partial charge in [-0.3, -0.25) is 0 Å². The first-order valence-electron chi connectivity index (χ1n) is 9.74. The van der Waals surface area contributed by atoms with Crippen LogP contribution in [0.15, 0.2) is 60.7 Å². The maximum Gasteiger partial charge on any atom is 0.207 e. The van der Waals surface area contributed by atoms with Crippen molar-refractivity contribution in [2.24, 2.45) is 0 Å². The summed E-state index contributed by atoms with van der Waals surface area (Å²) in [5.74, 6) is 1.59. The highest BCUT2D eigenvalue weighted by atomic mass is 16.7. The molecule has 2 aliphatic heterocycles. The van der Waals surface area contributed by atoms with Gasteiger partial charge in [-0.05, 0) is 24.5 Å². The fraction of sp³-hybridized carbons (Fsp3) is 0.250. The zero-order valence-electron chi connectivity index (χ0n) is 15.7. The van der Waals surface area contributed by atoms with Crippen molar-refractivity contribution >= 4 is 0 Å². The van der Waals surface area contributed by atoms with E-state index in [4.69, 9.17) is 14.2 Å². The van der Waals surface area contributed by atoms with Crippen LogP contribution in [-0.2, 0) is 4.74 Å². The second-order valence-electron chi connectivity index (χ2n) is 7.09. The van der Waals surface area contributed by atoms with Gasteiger partial charge in [0, 0.05) is 16.7 Å². The molecule has 5 rings (SSSR count). The molecule has 2 atom stereocenters. The highest BCUT2D eigenvalue weighted by molar-refractivity contribution is 5.95. The molecule has 3 aromatic carbocycles. The van der Waals surface area contributed by atoms with Crippen molar-refractivity contribution < 1.29 is 19.3 Å². The summed E-state index contributed by atoms with van der Waals surface area (Å²) in [7, 11) is 0. The standard InChI is InChI=1S/C24H22O4/c1-2-26-22-19(16-11-7-4-8-12-16)18(15-9-5-3-6-10-15)21(25)20-17-13-14-27-24(17)28-23(20)22/h3-12,17,24-25H,2,13-14H2,1H3/t17-,24+/m0/s1. The van der Waals surface area contributed by atoms with Crippen LogP contribution in [0.2, 0.25) is 0 Å². The number of hydrogen-bond donors (Lipinski definition) is 1. The lowest BCUT2D eigenvalue weighted by Crippen LogP contribution is -2.14. The van der Waals surface area contributed by atoms with Gasteiger partial charge < -0.3 is 19.3 Å². The molecule has 2 heterocycles. The first kappa shape index (κ1) is 17.1. The summed E-state index contributed by atoms with van der Waals surface area (Å²) in [6.07, 6.45) is 0.477. The number of phenolic OH excluding ortho intramolecular Hbond substituents is 1. The van der Waals surface area contributed by atoms with E-state index in [1.54, 1.807) is 0 Å². The van der Waals surface area contributed by atoms with Crippen LogP contribution in [0.3, 0.4) is 0 Å². The second kappa shape index (κ2) is 6.88. The first-order chi connectivity index (χ1) is 13.8. The topological polar surface area (TPSA) is 47.9 Å². The van der Waals surface area contributed by atoms with E-state index in [1.807, 2.05) is 67.6 Å². The number of fused-ring (bicyclic) bond motifs is 3. The van der Waals surface area contributed by atoms with Gasteiger partial charge in [-0.1, -0.05) is 60.7 Å². The van der Waals surface area contributed by atoms with Crippen molar-refractivity contribution in [2.45, 2.75) is 25.6 Å². The number of ether oxygens (including phenoxy) is 3. The van der Waals surface area contributed by atoms with Crippen LogP contribution in [0, 0.1) is 0 Å². The Morgan fingerprint density at radius 3 is 2.25 bits per heavy atom. The van der Waals surface area contributed by atoms with E-state index in [2.05, 4.69) is 0 Å². The lowest BCUT2D eigenvalue weighted by atomic mass is 9.86. The van der Waals surface area contributed by atoms with Crippen molar-refractivity contribution in [1.29, 1.82) is 0 Å². The van der Waals surface area contributed by atoms with E-state index in [0.29, 0.717) is 24.7 Å². The highest BCUT2D eigenvalue weighted by Gasteiger charge is 2.45. The van der Waals surface area contributed by atoms with Crippen LogP contribution in [-0.4, -0.2) is 24.6 Å². The molecule has 1 N–H and O–H groups in total. The van der Waals surface area contributed by atoms with Crippen LogP contribution in [0.5, 0.6) is 17.2 Å². The molecule has 142 valence electrons. The predicted molar refractivity (Wildman–Crippen MR) is 108 cm³/mol. The molecule has 1 fully saturated rings. The van der Waals surface area contributed by atoms with Gasteiger partial charge in [-0.25, -0.2) is 0 Å². The fourth-order valence-electron chi connectivity index (χ4n) is 4.30. The lowest BCUT2D eigenvalue weighted by molar-refractivity contribution is -0.0348. The Morgan fingerprint density at radius 2 is 1.61 bits per heavy atom. The summed E-state index contributed by atoms with van der Waals surface area (Å²) >= 11 is 0. The summed E-state index contributed by atoms with van der Waals surface area (Å²) in [6, 6.07) is 20.0. The summed E-state index contributed by atoms with van der Waals surface area (Å²) in [5.41, 5.74) is 4.37. The molecule has 0 saturated carbocycles. The van der Waals surface area contributed by atoms with E-state index in [0.717, 1.165) is 34.2 Å². The zero-order chi connectivity index (χ0) is 19.1. The van der Waals surface area contributed by atoms with Gasteiger partial charge >= 0.3 is 0 Å². The average Bonchev–Trinajstić information content (AvgIpc) is 3.32. The molecular weight excluding hydrogens is 352 g/mol. The van der Waals surface area contributed by atoms with E-state index in [9.17, 15) is 5.11 Å². The SMILES string of the molecule is CCOc1c2c(c(O)c(-c3ccccc3)c1-c1ccccc1)[C@@H]1CCO[C@@H]1O2. The lowest BCUT2D eigenvalue weighted by Gasteiger charge is -2.21. The zero-order valence-corrected chi connectivity index (χ0v) is 15.7. The van der Waals surface area contributed by atoms with Gasteiger partial charge in [0.2, 0.25) is 6.29 Å². The van der Waals surface area contributed by atoms with Crippen LogP contribution in [0.25, 0.3) is 22.3 Å². The molecule has 0 aromatic heterocycles. The molecule has 3 aromatic rings. The van der Waals surface area contributed by atoms with Crippen molar-refractivity contribution in [2.75, 3.05) is 13.2 Å². The number of benzene rings is 3. The molecule has 2 aliphatic rings. The third-order valence-electron chi connectivity index (χ3n) is 5.48. The third-order valence-corrected chi connectivity index (χ3v) is 5.48. The molecule has 1 saturated heterocycles. The summed E-state index contributed by atoms with van der Waals surface area (Å²) in [4.78, 5) is 0. The minimum atomic E-state index is -0.352. The van der Waals surface area contributed by atoms with E-state index in [1.165, 1.54) is 0 Å². The van der Waals surface area contributed by atoms with E-state index in [-0.39, 0.29) is 18.0 Å². The van der Waals surface area contributed by atoms with Crippen LogP contribution < -0.4 is 9.47 Å². The molecule has 4 heteroatoms. The summed E-state index contributed by atoms with van der Waals surface area (Å²) in [6.45, 7) is 3.10. The molecule has 0 unspecified atom stereocenters. The molecule has 0 spiro atoms. The fourth-order valence-corrected chi connectivity index (χ4v) is 4.30. The first-order valence-corrected chi connectivity index (χ1v) is 9.74. The molecule has 0 amide bonds. The number of hydrogen-bond acceptors (Lipinski definition) is 4. The normalized spacial score (nSPS) is 19.8. The number of rotatable bonds is 4. The highest BCUT2D eigenvalue weighted by Crippen LogP contribution is 2.59. The van der Waals surface area contributed by atoms with Crippen LogP contribution in [0.4, 0.5) is 0 Å². The minimum Gasteiger partial charge on any atom is -0.507 e. The smallest absolute Gasteiger partial charge is 0.207 e. The second-order valence-corrected chi connectivity index (χ2v) is 7.09. The monoisotopic (exact) mass is 374 g/mol. The van der Waals surface area contributed by atoms with Gasteiger partial charge in [0.25, 0.3) is 0 Å². The molecule has 0 radical (unpaired) electrons. The molecule has 0 bridgehead atoms. The van der Waals surface area contributed by atoms with Crippen molar-refractivity contribution in [3.63, 3.8) is 0 Å². The Bertz CT molecular complexity index is 998. The molecule has 28 heavy (non-hydrogen) atoms. The van der Waals surface area contributed by atoms with E-state index >= 15 is 0 Å². The Morgan fingerprint density at radius 1 is 0.964 bits per heavy atom. The number of aromatic hydroxyl groups is 1. The maximum atomic E-state index is 11.5. The van der Waals surface area contributed by atoms with E-state index < -0.39 is 0 Å². The van der Waals surface area contributed by atoms with Gasteiger partial charge in [0.05, 0.1) is 19.1 Å². The molecule has 0 aliphatic carbocycles. The largest absolute Gasteiger partial charge is 0.507 e. The van der Waals surface area contributed by atoms with Gasteiger partial charge in [-0.2, -0.15) is 0 Å². The predicted octanol–water partition coefficient (Wildman–Crippen LogP) is 5.35.